The SMILES string of the molecule is [NH3+][C@@H]1C(=O)c2ccccc2O[C@@H]1c1ccccc1. The van der Waals surface area contributed by atoms with Gasteiger partial charge in [0.15, 0.2) is 12.1 Å². The van der Waals surface area contributed by atoms with Crippen molar-refractivity contribution in [3.63, 3.8) is 0 Å². The van der Waals surface area contributed by atoms with E-state index in [9.17, 15) is 4.79 Å². The van der Waals surface area contributed by atoms with Gasteiger partial charge in [-0.1, -0.05) is 42.5 Å². The van der Waals surface area contributed by atoms with Crippen molar-refractivity contribution in [2.24, 2.45) is 0 Å². The first-order valence-corrected chi connectivity index (χ1v) is 5.95. The molecule has 0 aromatic heterocycles. The maximum atomic E-state index is 12.3. The number of hydrogen-bond donors (Lipinski definition) is 1. The molecule has 0 saturated carbocycles. The lowest BCUT2D eigenvalue weighted by atomic mass is 9.92. The number of carbonyl (C=O) groups is 1. The first-order valence-electron chi connectivity index (χ1n) is 5.95. The normalized spacial score (nSPS) is 22.2. The van der Waals surface area contributed by atoms with Gasteiger partial charge in [0.1, 0.15) is 5.75 Å². The highest BCUT2D eigenvalue weighted by molar-refractivity contribution is 6.02. The van der Waals surface area contributed by atoms with Gasteiger partial charge >= 0.3 is 0 Å². The topological polar surface area (TPSA) is 53.9 Å². The third-order valence-electron chi connectivity index (χ3n) is 3.24. The Labute approximate surface area is 105 Å². The fraction of sp³-hybridized carbons (Fsp3) is 0.133. The summed E-state index contributed by atoms with van der Waals surface area (Å²) in [6.07, 6.45) is -0.298. The Kier molecular flexibility index (Phi) is 2.61. The molecule has 1 heterocycles. The average Bonchev–Trinajstić information content (AvgIpc) is 2.44. The fourth-order valence-corrected chi connectivity index (χ4v) is 2.27. The summed E-state index contributed by atoms with van der Waals surface area (Å²) in [7, 11) is 0. The molecular formula is C15H14NO2+. The number of Topliss-reactive ketones (excluding diaryl/α,β-unsaturated/α-hetero) is 1. The number of hydrogen-bond acceptors (Lipinski definition) is 2. The molecule has 0 bridgehead atoms. The summed E-state index contributed by atoms with van der Waals surface area (Å²) in [4.78, 5) is 12.3. The first-order chi connectivity index (χ1) is 8.77. The zero-order chi connectivity index (χ0) is 12.5. The quantitative estimate of drug-likeness (QED) is 0.823. The van der Waals surface area contributed by atoms with Crippen LogP contribution < -0.4 is 10.5 Å². The lowest BCUT2D eigenvalue weighted by molar-refractivity contribution is -0.416. The standard InChI is InChI=1S/C15H13NO2/c16-13-14(17)11-8-4-5-9-12(11)18-15(13)10-6-2-1-3-7-10/h1-9,13,15H,16H2/p+1/t13-,15-/m1/s1. The van der Waals surface area contributed by atoms with Crippen molar-refractivity contribution in [1.29, 1.82) is 0 Å². The monoisotopic (exact) mass is 240 g/mol. The van der Waals surface area contributed by atoms with E-state index in [0.29, 0.717) is 11.3 Å². The van der Waals surface area contributed by atoms with Crippen LogP contribution >= 0.6 is 0 Å². The highest BCUT2D eigenvalue weighted by Crippen LogP contribution is 2.33. The van der Waals surface area contributed by atoms with E-state index in [-0.39, 0.29) is 11.9 Å². The van der Waals surface area contributed by atoms with Gasteiger partial charge in [-0.15, -0.1) is 0 Å². The minimum atomic E-state index is -0.401. The molecule has 0 radical (unpaired) electrons. The molecule has 0 fully saturated rings. The number of para-hydroxylation sites is 1. The maximum Gasteiger partial charge on any atom is 0.227 e. The number of ketones is 1. The first kappa shape index (κ1) is 11.0. The molecule has 1 aliphatic rings. The Morgan fingerprint density at radius 2 is 1.61 bits per heavy atom. The van der Waals surface area contributed by atoms with Crippen LogP contribution in [0.5, 0.6) is 5.75 Å². The lowest BCUT2D eigenvalue weighted by Gasteiger charge is -2.28. The van der Waals surface area contributed by atoms with Gasteiger partial charge in [-0.25, -0.2) is 0 Å². The van der Waals surface area contributed by atoms with Crippen LogP contribution in [0.15, 0.2) is 54.6 Å². The number of rotatable bonds is 1. The molecule has 90 valence electrons. The van der Waals surface area contributed by atoms with Crippen molar-refractivity contribution in [3.8, 4) is 5.75 Å². The third-order valence-corrected chi connectivity index (χ3v) is 3.24. The van der Waals surface area contributed by atoms with Gasteiger partial charge < -0.3 is 10.5 Å². The molecule has 2 atom stereocenters. The van der Waals surface area contributed by atoms with Gasteiger partial charge in [-0.05, 0) is 17.7 Å². The van der Waals surface area contributed by atoms with Crippen LogP contribution in [0, 0.1) is 0 Å². The van der Waals surface area contributed by atoms with Gasteiger partial charge in [0.05, 0.1) is 5.56 Å². The molecule has 0 aliphatic carbocycles. The molecule has 0 spiro atoms. The van der Waals surface area contributed by atoms with Gasteiger partial charge in [-0.2, -0.15) is 0 Å². The van der Waals surface area contributed by atoms with Gasteiger partial charge in [0.25, 0.3) is 0 Å². The molecule has 0 amide bonds. The van der Waals surface area contributed by atoms with Crippen LogP contribution in [0.1, 0.15) is 22.0 Å². The summed E-state index contributed by atoms with van der Waals surface area (Å²) in [5.74, 6) is 0.696. The summed E-state index contributed by atoms with van der Waals surface area (Å²) in [6.45, 7) is 0. The predicted molar refractivity (Wildman–Crippen MR) is 67.3 cm³/mol. The van der Waals surface area contributed by atoms with Crippen LogP contribution in [0.4, 0.5) is 0 Å². The molecule has 3 heteroatoms. The molecule has 18 heavy (non-hydrogen) atoms. The van der Waals surface area contributed by atoms with Crippen molar-refractivity contribution in [2.75, 3.05) is 0 Å². The Hall–Kier alpha value is -2.13. The largest absolute Gasteiger partial charge is 0.478 e. The minimum absolute atomic E-state index is 0.0469. The number of ether oxygens (including phenoxy) is 1. The minimum Gasteiger partial charge on any atom is -0.478 e. The third kappa shape index (κ3) is 1.69. The fourth-order valence-electron chi connectivity index (χ4n) is 2.27. The van der Waals surface area contributed by atoms with E-state index in [1.54, 1.807) is 6.07 Å². The van der Waals surface area contributed by atoms with Crippen molar-refractivity contribution in [1.82, 2.24) is 0 Å². The summed E-state index contributed by atoms with van der Waals surface area (Å²) in [6, 6.07) is 16.7. The lowest BCUT2D eigenvalue weighted by Crippen LogP contribution is -2.69. The van der Waals surface area contributed by atoms with Crippen LogP contribution in [-0.2, 0) is 0 Å². The molecule has 2 aromatic rings. The van der Waals surface area contributed by atoms with Crippen molar-refractivity contribution >= 4 is 5.78 Å². The van der Waals surface area contributed by atoms with Gasteiger partial charge in [0.2, 0.25) is 5.78 Å². The molecule has 3 rings (SSSR count). The second kappa shape index (κ2) is 4.27. The van der Waals surface area contributed by atoms with Gasteiger partial charge in [-0.3, -0.25) is 4.79 Å². The Morgan fingerprint density at radius 3 is 2.39 bits per heavy atom. The molecule has 3 nitrogen and oxygen atoms in total. The summed E-state index contributed by atoms with van der Waals surface area (Å²) in [5.41, 5.74) is 5.58. The van der Waals surface area contributed by atoms with Crippen LogP contribution in [0.2, 0.25) is 0 Å². The summed E-state index contributed by atoms with van der Waals surface area (Å²) >= 11 is 0. The summed E-state index contributed by atoms with van der Waals surface area (Å²) in [5, 5.41) is 0. The Morgan fingerprint density at radius 1 is 0.944 bits per heavy atom. The molecule has 1 aliphatic heterocycles. The van der Waals surface area contributed by atoms with Crippen molar-refractivity contribution < 1.29 is 15.3 Å². The maximum absolute atomic E-state index is 12.3. The van der Waals surface area contributed by atoms with Crippen LogP contribution in [0.3, 0.4) is 0 Å². The van der Waals surface area contributed by atoms with E-state index in [2.05, 4.69) is 5.73 Å². The number of fused-ring (bicyclic) bond motifs is 1. The number of carbonyl (C=O) groups excluding carboxylic acids is 1. The van der Waals surface area contributed by atoms with E-state index < -0.39 is 6.04 Å². The highest BCUT2D eigenvalue weighted by atomic mass is 16.5. The predicted octanol–water partition coefficient (Wildman–Crippen LogP) is 1.61. The number of benzene rings is 2. The second-order valence-electron chi connectivity index (χ2n) is 4.42. The van der Waals surface area contributed by atoms with E-state index in [1.165, 1.54) is 0 Å². The zero-order valence-electron chi connectivity index (χ0n) is 9.87. The van der Waals surface area contributed by atoms with E-state index in [4.69, 9.17) is 4.74 Å². The molecular weight excluding hydrogens is 226 g/mol. The van der Waals surface area contributed by atoms with Crippen LogP contribution in [0.25, 0.3) is 0 Å². The molecule has 0 saturated heterocycles. The van der Waals surface area contributed by atoms with Crippen LogP contribution in [-0.4, -0.2) is 11.8 Å². The molecule has 2 aromatic carbocycles. The Balaban J connectivity index is 2.04. The van der Waals surface area contributed by atoms with Crippen molar-refractivity contribution in [3.05, 3.63) is 65.7 Å². The Bertz CT molecular complexity index is 580. The second-order valence-corrected chi connectivity index (χ2v) is 4.42. The van der Waals surface area contributed by atoms with Crippen molar-refractivity contribution in [2.45, 2.75) is 12.1 Å². The molecule has 3 N–H and O–H groups in total. The van der Waals surface area contributed by atoms with E-state index in [0.717, 1.165) is 5.56 Å². The van der Waals surface area contributed by atoms with Gasteiger partial charge in [0, 0.05) is 0 Å². The zero-order valence-corrected chi connectivity index (χ0v) is 9.87. The van der Waals surface area contributed by atoms with E-state index in [1.807, 2.05) is 48.5 Å². The summed E-state index contributed by atoms with van der Waals surface area (Å²) < 4.78 is 5.92. The average molecular weight is 240 g/mol. The van der Waals surface area contributed by atoms with E-state index >= 15 is 0 Å². The smallest absolute Gasteiger partial charge is 0.227 e. The molecule has 0 unspecified atom stereocenters. The highest BCUT2D eigenvalue weighted by Gasteiger charge is 2.38. The number of quaternary nitrogens is 1.